The Morgan fingerprint density at radius 2 is 1.82 bits per heavy atom. The highest BCUT2D eigenvalue weighted by atomic mass is 15.1. The summed E-state index contributed by atoms with van der Waals surface area (Å²) >= 11 is 0. The first kappa shape index (κ1) is 13.3. The summed E-state index contributed by atoms with van der Waals surface area (Å²) in [5.41, 5.74) is 0. The summed E-state index contributed by atoms with van der Waals surface area (Å²) in [5, 5.41) is 0. The molecule has 11 heavy (non-hydrogen) atoms. The molecule has 0 aliphatic rings. The molecule has 1 heteroatoms. The maximum Gasteiger partial charge on any atom is 0.0121 e. The van der Waals surface area contributed by atoms with Crippen molar-refractivity contribution < 1.29 is 0 Å². The van der Waals surface area contributed by atoms with Gasteiger partial charge in [0.25, 0.3) is 0 Å². The summed E-state index contributed by atoms with van der Waals surface area (Å²) in [6.45, 7) is 9.91. The highest BCUT2D eigenvalue weighted by molar-refractivity contribution is 4.76. The molecule has 0 saturated carbocycles. The van der Waals surface area contributed by atoms with Gasteiger partial charge in [-0.05, 0) is 26.9 Å². The second kappa shape index (κ2) is 9.70. The Morgan fingerprint density at radius 1 is 1.36 bits per heavy atom. The Bertz CT molecular complexity index is 76.9. The predicted molar refractivity (Wildman–Crippen MR) is 53.9 cm³/mol. The minimum Gasteiger partial charge on any atom is -0.306 e. The number of hydrogen-bond donors (Lipinski definition) is 0. The summed E-state index contributed by atoms with van der Waals surface area (Å²) in [7, 11) is 4.22. The van der Waals surface area contributed by atoms with E-state index in [2.05, 4.69) is 32.5 Å². The van der Waals surface area contributed by atoms with E-state index in [4.69, 9.17) is 0 Å². The summed E-state index contributed by atoms with van der Waals surface area (Å²) < 4.78 is 0. The van der Waals surface area contributed by atoms with Crippen LogP contribution in [-0.2, 0) is 0 Å². The summed E-state index contributed by atoms with van der Waals surface area (Å²) in [6.07, 6.45) is 4.29. The van der Waals surface area contributed by atoms with Crippen LogP contribution in [0.3, 0.4) is 0 Å². The van der Waals surface area contributed by atoms with Crippen molar-refractivity contribution in [1.82, 2.24) is 4.90 Å². The Kier molecular flexibility index (Phi) is 11.7. The van der Waals surface area contributed by atoms with Crippen LogP contribution in [0.5, 0.6) is 0 Å². The lowest BCUT2D eigenvalue weighted by atomic mass is 10.1. The van der Waals surface area contributed by atoms with Gasteiger partial charge in [0.05, 0.1) is 0 Å². The largest absolute Gasteiger partial charge is 0.306 e. The van der Waals surface area contributed by atoms with E-state index >= 15 is 0 Å². The van der Waals surface area contributed by atoms with Crippen molar-refractivity contribution in [2.24, 2.45) is 0 Å². The van der Waals surface area contributed by atoms with Gasteiger partial charge in [0.1, 0.15) is 0 Å². The molecule has 68 valence electrons. The molecule has 0 aromatic rings. The van der Waals surface area contributed by atoms with Crippen molar-refractivity contribution in [1.29, 1.82) is 0 Å². The molecule has 1 atom stereocenters. The van der Waals surface area contributed by atoms with Gasteiger partial charge < -0.3 is 4.90 Å². The second-order valence-electron chi connectivity index (χ2n) is 2.55. The topological polar surface area (TPSA) is 3.24 Å². The standard InChI is InChI=1S/C8H17N.C2H6/c1-5-7-8(6-2)9(3)4;1-2/h5,8H,1,6-7H2,2-4H3;1-2H3. The van der Waals surface area contributed by atoms with Crippen LogP contribution in [-0.4, -0.2) is 25.0 Å². The van der Waals surface area contributed by atoms with E-state index in [-0.39, 0.29) is 0 Å². The van der Waals surface area contributed by atoms with E-state index in [9.17, 15) is 0 Å². The third kappa shape index (κ3) is 7.60. The van der Waals surface area contributed by atoms with Gasteiger partial charge in [-0.1, -0.05) is 26.8 Å². The third-order valence-corrected chi connectivity index (χ3v) is 1.64. The monoisotopic (exact) mass is 157 g/mol. The van der Waals surface area contributed by atoms with Crippen molar-refractivity contribution in [3.05, 3.63) is 12.7 Å². The summed E-state index contributed by atoms with van der Waals surface area (Å²) in [6, 6.07) is 0.683. The predicted octanol–water partition coefficient (Wildman–Crippen LogP) is 2.93. The van der Waals surface area contributed by atoms with Gasteiger partial charge in [0.15, 0.2) is 0 Å². The fourth-order valence-corrected chi connectivity index (χ4v) is 0.935. The van der Waals surface area contributed by atoms with Crippen LogP contribution < -0.4 is 0 Å². The molecule has 0 heterocycles. The van der Waals surface area contributed by atoms with Gasteiger partial charge in [-0.3, -0.25) is 0 Å². The lowest BCUT2D eigenvalue weighted by Crippen LogP contribution is -2.26. The first-order chi connectivity index (χ1) is 5.22. The molecule has 0 aromatic heterocycles. The molecule has 0 aliphatic carbocycles. The molecule has 0 bridgehead atoms. The maximum atomic E-state index is 3.70. The van der Waals surface area contributed by atoms with Crippen LogP contribution in [0.15, 0.2) is 12.7 Å². The first-order valence-electron chi connectivity index (χ1n) is 4.49. The molecular weight excluding hydrogens is 134 g/mol. The van der Waals surface area contributed by atoms with Crippen LogP contribution in [0.25, 0.3) is 0 Å². The molecule has 0 rings (SSSR count). The normalized spacial score (nSPS) is 11.8. The highest BCUT2D eigenvalue weighted by Crippen LogP contribution is 2.03. The molecular formula is C10H23N. The van der Waals surface area contributed by atoms with Gasteiger partial charge in [0.2, 0.25) is 0 Å². The minimum atomic E-state index is 0.683. The van der Waals surface area contributed by atoms with E-state index in [1.165, 1.54) is 6.42 Å². The minimum absolute atomic E-state index is 0.683. The van der Waals surface area contributed by atoms with Crippen LogP contribution >= 0.6 is 0 Å². The van der Waals surface area contributed by atoms with E-state index in [1.54, 1.807) is 0 Å². The molecule has 0 fully saturated rings. The zero-order valence-electron chi connectivity index (χ0n) is 8.72. The maximum absolute atomic E-state index is 3.70. The molecule has 0 aliphatic heterocycles. The molecule has 0 N–H and O–H groups in total. The highest BCUT2D eigenvalue weighted by Gasteiger charge is 2.04. The third-order valence-electron chi connectivity index (χ3n) is 1.64. The Morgan fingerprint density at radius 3 is 1.91 bits per heavy atom. The zero-order chi connectivity index (χ0) is 9.28. The number of hydrogen-bond acceptors (Lipinski definition) is 1. The number of nitrogens with zero attached hydrogens (tertiary/aromatic N) is 1. The van der Waals surface area contributed by atoms with Gasteiger partial charge in [-0.15, -0.1) is 6.58 Å². The smallest absolute Gasteiger partial charge is 0.0121 e. The number of rotatable bonds is 4. The van der Waals surface area contributed by atoms with Crippen molar-refractivity contribution in [3.8, 4) is 0 Å². The van der Waals surface area contributed by atoms with E-state index in [0.717, 1.165) is 6.42 Å². The van der Waals surface area contributed by atoms with E-state index in [0.29, 0.717) is 6.04 Å². The lowest BCUT2D eigenvalue weighted by Gasteiger charge is -2.20. The molecule has 0 aromatic carbocycles. The lowest BCUT2D eigenvalue weighted by molar-refractivity contribution is 0.288. The molecule has 0 spiro atoms. The molecule has 1 unspecified atom stereocenters. The average molecular weight is 157 g/mol. The Hall–Kier alpha value is -0.300. The van der Waals surface area contributed by atoms with Crippen molar-refractivity contribution in [3.63, 3.8) is 0 Å². The van der Waals surface area contributed by atoms with Crippen LogP contribution in [0.2, 0.25) is 0 Å². The zero-order valence-corrected chi connectivity index (χ0v) is 8.72. The SMILES string of the molecule is C=CCC(CC)N(C)C.CC. The molecule has 0 radical (unpaired) electrons. The van der Waals surface area contributed by atoms with Crippen molar-refractivity contribution >= 4 is 0 Å². The Labute approximate surface area is 72.1 Å². The molecule has 1 nitrogen and oxygen atoms in total. The van der Waals surface area contributed by atoms with Gasteiger partial charge in [-0.2, -0.15) is 0 Å². The summed E-state index contributed by atoms with van der Waals surface area (Å²) in [4.78, 5) is 2.24. The summed E-state index contributed by atoms with van der Waals surface area (Å²) in [5.74, 6) is 0. The van der Waals surface area contributed by atoms with Gasteiger partial charge in [0, 0.05) is 6.04 Å². The van der Waals surface area contributed by atoms with Crippen LogP contribution in [0.1, 0.15) is 33.6 Å². The average Bonchev–Trinajstić information content (AvgIpc) is 2.03. The van der Waals surface area contributed by atoms with Crippen LogP contribution in [0, 0.1) is 0 Å². The molecule has 0 amide bonds. The molecule has 0 saturated heterocycles. The van der Waals surface area contributed by atoms with E-state index < -0.39 is 0 Å². The van der Waals surface area contributed by atoms with Crippen LogP contribution in [0.4, 0.5) is 0 Å². The van der Waals surface area contributed by atoms with Crippen molar-refractivity contribution in [2.75, 3.05) is 14.1 Å². The second-order valence-corrected chi connectivity index (χ2v) is 2.55. The fraction of sp³-hybridized carbons (Fsp3) is 0.800. The van der Waals surface area contributed by atoms with E-state index in [1.807, 2.05) is 19.9 Å². The first-order valence-corrected chi connectivity index (χ1v) is 4.49. The quantitative estimate of drug-likeness (QED) is 0.567. The van der Waals surface area contributed by atoms with Gasteiger partial charge in [-0.25, -0.2) is 0 Å². The Balaban J connectivity index is 0. The van der Waals surface area contributed by atoms with Crippen molar-refractivity contribution in [2.45, 2.75) is 39.7 Å². The van der Waals surface area contributed by atoms with Gasteiger partial charge >= 0.3 is 0 Å². The fourth-order valence-electron chi connectivity index (χ4n) is 0.935.